The number of hydrogen-bond acceptors (Lipinski definition) is 3. The van der Waals surface area contributed by atoms with Crippen molar-refractivity contribution in [2.75, 3.05) is 26.3 Å². The van der Waals surface area contributed by atoms with Crippen molar-refractivity contribution in [1.29, 1.82) is 0 Å². The van der Waals surface area contributed by atoms with E-state index >= 15 is 0 Å². The van der Waals surface area contributed by atoms with Crippen LogP contribution in [0.3, 0.4) is 0 Å². The number of piperidine rings is 1. The first-order valence-corrected chi connectivity index (χ1v) is 7.73. The normalized spacial score (nSPS) is 25.1. The van der Waals surface area contributed by atoms with E-state index in [0.717, 1.165) is 29.6 Å². The second kappa shape index (κ2) is 5.45. The van der Waals surface area contributed by atoms with Gasteiger partial charge in [0.25, 0.3) is 0 Å². The zero-order valence-electron chi connectivity index (χ0n) is 12.2. The summed E-state index contributed by atoms with van der Waals surface area (Å²) < 4.78 is 11.8. The molecule has 0 saturated carbocycles. The second-order valence-corrected chi connectivity index (χ2v) is 7.01. The lowest BCUT2D eigenvalue weighted by molar-refractivity contribution is 0.140. The van der Waals surface area contributed by atoms with Crippen LogP contribution in [0.2, 0.25) is 5.02 Å². The van der Waals surface area contributed by atoms with Crippen molar-refractivity contribution in [3.8, 4) is 11.5 Å². The average Bonchev–Trinajstić information content (AvgIpc) is 2.58. The Morgan fingerprint density at radius 3 is 2.55 bits per heavy atom. The summed E-state index contributed by atoms with van der Waals surface area (Å²) in [6.07, 6.45) is 2.38. The van der Waals surface area contributed by atoms with Crippen LogP contribution >= 0.6 is 11.6 Å². The standard InChI is InChI=1S/C16H22ClNO2/c1-16(2)9-19-14-6-12(11-4-3-5-18-8-11)13(17)7-15(14)20-10-16/h6-7,11,18H,3-5,8-10H2,1-2H3. The monoisotopic (exact) mass is 295 g/mol. The van der Waals surface area contributed by atoms with Crippen LogP contribution in [0.15, 0.2) is 12.1 Å². The molecule has 0 amide bonds. The summed E-state index contributed by atoms with van der Waals surface area (Å²) in [5.41, 5.74) is 1.21. The van der Waals surface area contributed by atoms with Crippen molar-refractivity contribution in [3.63, 3.8) is 0 Å². The first-order valence-electron chi connectivity index (χ1n) is 7.35. The Kier molecular flexibility index (Phi) is 3.83. The third kappa shape index (κ3) is 2.89. The number of nitrogens with one attached hydrogen (secondary N) is 1. The van der Waals surface area contributed by atoms with Gasteiger partial charge in [0.2, 0.25) is 0 Å². The summed E-state index contributed by atoms with van der Waals surface area (Å²) in [6.45, 7) is 7.71. The quantitative estimate of drug-likeness (QED) is 0.858. The highest BCUT2D eigenvalue weighted by atomic mass is 35.5. The topological polar surface area (TPSA) is 30.5 Å². The summed E-state index contributed by atoms with van der Waals surface area (Å²) in [5.74, 6) is 2.08. The maximum Gasteiger partial charge on any atom is 0.162 e. The molecule has 20 heavy (non-hydrogen) atoms. The molecule has 1 unspecified atom stereocenters. The van der Waals surface area contributed by atoms with E-state index in [1.807, 2.05) is 6.07 Å². The fraction of sp³-hybridized carbons (Fsp3) is 0.625. The van der Waals surface area contributed by atoms with Gasteiger partial charge in [-0.25, -0.2) is 0 Å². The first-order chi connectivity index (χ1) is 9.55. The Balaban J connectivity index is 1.89. The molecule has 1 atom stereocenters. The van der Waals surface area contributed by atoms with Crippen LogP contribution in [0.25, 0.3) is 0 Å². The smallest absolute Gasteiger partial charge is 0.162 e. The zero-order chi connectivity index (χ0) is 14.2. The van der Waals surface area contributed by atoms with E-state index in [0.29, 0.717) is 19.1 Å². The van der Waals surface area contributed by atoms with Crippen LogP contribution in [0.5, 0.6) is 11.5 Å². The van der Waals surface area contributed by atoms with Crippen molar-refractivity contribution < 1.29 is 9.47 Å². The van der Waals surface area contributed by atoms with Gasteiger partial charge < -0.3 is 14.8 Å². The summed E-state index contributed by atoms with van der Waals surface area (Å²) >= 11 is 6.46. The molecule has 2 heterocycles. The number of halogens is 1. The van der Waals surface area contributed by atoms with Gasteiger partial charge in [0.05, 0.1) is 13.2 Å². The van der Waals surface area contributed by atoms with Gasteiger partial charge in [-0.05, 0) is 36.9 Å². The molecule has 1 fully saturated rings. The van der Waals surface area contributed by atoms with Gasteiger partial charge in [0.1, 0.15) is 0 Å². The van der Waals surface area contributed by atoms with Crippen molar-refractivity contribution in [3.05, 3.63) is 22.7 Å². The fourth-order valence-electron chi connectivity index (χ4n) is 2.79. The molecule has 3 rings (SSSR count). The molecule has 2 aliphatic rings. The van der Waals surface area contributed by atoms with Gasteiger partial charge >= 0.3 is 0 Å². The molecular formula is C16H22ClNO2. The molecule has 1 aromatic carbocycles. The molecule has 2 aliphatic heterocycles. The van der Waals surface area contributed by atoms with E-state index in [2.05, 4.69) is 25.2 Å². The number of hydrogen-bond donors (Lipinski definition) is 1. The van der Waals surface area contributed by atoms with Crippen molar-refractivity contribution in [1.82, 2.24) is 5.32 Å². The lowest BCUT2D eigenvalue weighted by Gasteiger charge is -2.24. The van der Waals surface area contributed by atoms with Gasteiger partial charge in [-0.2, -0.15) is 0 Å². The third-order valence-electron chi connectivity index (χ3n) is 4.04. The van der Waals surface area contributed by atoms with Crippen LogP contribution in [-0.2, 0) is 0 Å². The molecular weight excluding hydrogens is 274 g/mol. The van der Waals surface area contributed by atoms with E-state index in [4.69, 9.17) is 21.1 Å². The minimum Gasteiger partial charge on any atom is -0.489 e. The van der Waals surface area contributed by atoms with E-state index in [1.165, 1.54) is 18.4 Å². The lowest BCUT2D eigenvalue weighted by atomic mass is 9.91. The van der Waals surface area contributed by atoms with Crippen molar-refractivity contribution in [2.45, 2.75) is 32.6 Å². The molecule has 1 aromatic rings. The molecule has 110 valence electrons. The van der Waals surface area contributed by atoms with E-state index in [1.54, 1.807) is 0 Å². The third-order valence-corrected chi connectivity index (χ3v) is 4.36. The van der Waals surface area contributed by atoms with Crippen LogP contribution in [0.4, 0.5) is 0 Å². The minimum absolute atomic E-state index is 0.0258. The number of ether oxygens (including phenoxy) is 2. The van der Waals surface area contributed by atoms with E-state index in [9.17, 15) is 0 Å². The maximum absolute atomic E-state index is 6.46. The van der Waals surface area contributed by atoms with Crippen molar-refractivity contribution >= 4 is 11.6 Å². The predicted octanol–water partition coefficient (Wildman–Crippen LogP) is 3.60. The summed E-state index contributed by atoms with van der Waals surface area (Å²) in [5, 5.41) is 4.23. The molecule has 0 spiro atoms. The molecule has 1 saturated heterocycles. The Hall–Kier alpha value is -0.930. The van der Waals surface area contributed by atoms with Gasteiger partial charge in [-0.15, -0.1) is 0 Å². The van der Waals surface area contributed by atoms with Crippen LogP contribution in [0.1, 0.15) is 38.2 Å². The molecule has 1 N–H and O–H groups in total. The second-order valence-electron chi connectivity index (χ2n) is 6.61. The van der Waals surface area contributed by atoms with Crippen LogP contribution < -0.4 is 14.8 Å². The van der Waals surface area contributed by atoms with Gasteiger partial charge in [0.15, 0.2) is 11.5 Å². The van der Waals surface area contributed by atoms with E-state index in [-0.39, 0.29) is 5.41 Å². The Morgan fingerprint density at radius 1 is 1.20 bits per heavy atom. The summed E-state index contributed by atoms with van der Waals surface area (Å²) in [4.78, 5) is 0. The largest absolute Gasteiger partial charge is 0.489 e. The summed E-state index contributed by atoms with van der Waals surface area (Å²) in [7, 11) is 0. The molecule has 4 heteroatoms. The highest BCUT2D eigenvalue weighted by Crippen LogP contribution is 2.41. The van der Waals surface area contributed by atoms with Crippen molar-refractivity contribution in [2.24, 2.45) is 5.41 Å². The minimum atomic E-state index is 0.0258. The molecule has 3 nitrogen and oxygen atoms in total. The first kappa shape index (κ1) is 14.0. The molecule has 0 aliphatic carbocycles. The Morgan fingerprint density at radius 2 is 1.90 bits per heavy atom. The Labute approximate surface area is 125 Å². The van der Waals surface area contributed by atoms with E-state index < -0.39 is 0 Å². The average molecular weight is 296 g/mol. The molecule has 0 radical (unpaired) electrons. The van der Waals surface area contributed by atoms with Gasteiger partial charge in [-0.1, -0.05) is 25.4 Å². The molecule has 0 aromatic heterocycles. The Bertz CT molecular complexity index is 495. The fourth-order valence-corrected chi connectivity index (χ4v) is 3.10. The maximum atomic E-state index is 6.46. The highest BCUT2D eigenvalue weighted by molar-refractivity contribution is 6.31. The zero-order valence-corrected chi connectivity index (χ0v) is 12.9. The van der Waals surface area contributed by atoms with Gasteiger partial charge in [-0.3, -0.25) is 0 Å². The summed E-state index contributed by atoms with van der Waals surface area (Å²) in [6, 6.07) is 4.00. The van der Waals surface area contributed by atoms with Crippen LogP contribution in [0, 0.1) is 5.41 Å². The number of benzene rings is 1. The highest BCUT2D eigenvalue weighted by Gasteiger charge is 2.27. The molecule has 0 bridgehead atoms. The van der Waals surface area contributed by atoms with Gasteiger partial charge in [0, 0.05) is 23.0 Å². The number of fused-ring (bicyclic) bond motifs is 1. The lowest BCUT2D eigenvalue weighted by Crippen LogP contribution is -2.28. The SMILES string of the molecule is CC1(C)COc2cc(Cl)c(C3CCCNC3)cc2OC1. The predicted molar refractivity (Wildman–Crippen MR) is 81.1 cm³/mol. The van der Waals surface area contributed by atoms with Crippen LogP contribution in [-0.4, -0.2) is 26.3 Å². The number of rotatable bonds is 1.